The Bertz CT molecular complexity index is 477. The van der Waals surface area contributed by atoms with E-state index in [1.807, 2.05) is 7.05 Å². The van der Waals surface area contributed by atoms with Gasteiger partial charge in [-0.05, 0) is 13.1 Å². The van der Waals surface area contributed by atoms with Gasteiger partial charge in [-0.25, -0.2) is 4.98 Å². The molecule has 2 aromatic heterocycles. The largest absolute Gasteiger partial charge is 0.319 e. The van der Waals surface area contributed by atoms with Crippen molar-refractivity contribution in [1.82, 2.24) is 19.9 Å². The Morgan fingerprint density at radius 2 is 2.47 bits per heavy atom. The van der Waals surface area contributed by atoms with Crippen LogP contribution in [0.4, 0.5) is 0 Å². The number of nitrogens with one attached hydrogen (secondary N) is 1. The van der Waals surface area contributed by atoms with E-state index in [0.29, 0.717) is 13.0 Å². The van der Waals surface area contributed by atoms with Crippen molar-refractivity contribution in [3.8, 4) is 0 Å². The van der Waals surface area contributed by atoms with Crippen LogP contribution in [-0.2, 0) is 0 Å². The molecule has 0 saturated heterocycles. The van der Waals surface area contributed by atoms with Gasteiger partial charge in [0.15, 0.2) is 0 Å². The van der Waals surface area contributed by atoms with Crippen molar-refractivity contribution in [2.75, 3.05) is 13.6 Å². The van der Waals surface area contributed by atoms with E-state index in [-0.39, 0.29) is 5.91 Å². The van der Waals surface area contributed by atoms with E-state index in [1.54, 1.807) is 29.4 Å². The van der Waals surface area contributed by atoms with E-state index >= 15 is 0 Å². The molecule has 0 aliphatic carbocycles. The summed E-state index contributed by atoms with van der Waals surface area (Å²) in [5.41, 5.74) is 1.56. The fraction of sp³-hybridized carbons (Fsp3) is 0.300. The first-order valence-electron chi connectivity index (χ1n) is 4.78. The van der Waals surface area contributed by atoms with Gasteiger partial charge in [0, 0.05) is 19.2 Å². The molecule has 0 spiro atoms. The van der Waals surface area contributed by atoms with Crippen molar-refractivity contribution in [1.29, 1.82) is 0 Å². The number of hydrogen-bond donors (Lipinski definition) is 1. The third-order valence-corrected chi connectivity index (χ3v) is 2.21. The van der Waals surface area contributed by atoms with Crippen LogP contribution in [0.5, 0.6) is 0 Å². The molecule has 1 N–H and O–H groups in total. The highest BCUT2D eigenvalue weighted by molar-refractivity contribution is 5.89. The predicted octanol–water partition coefficient (Wildman–Crippen LogP) is 0.681. The average molecular weight is 204 g/mol. The van der Waals surface area contributed by atoms with Crippen molar-refractivity contribution >= 4 is 16.9 Å². The van der Waals surface area contributed by atoms with Crippen molar-refractivity contribution in [2.24, 2.45) is 0 Å². The van der Waals surface area contributed by atoms with Crippen LogP contribution in [0, 0.1) is 0 Å². The first kappa shape index (κ1) is 9.79. The second-order valence-corrected chi connectivity index (χ2v) is 3.23. The van der Waals surface area contributed by atoms with E-state index in [4.69, 9.17) is 0 Å². The molecule has 15 heavy (non-hydrogen) atoms. The first-order valence-corrected chi connectivity index (χ1v) is 4.78. The maximum atomic E-state index is 11.7. The SMILES string of the molecule is CNCCC(=O)n1cnc2cnccc21. The van der Waals surface area contributed by atoms with Gasteiger partial charge in [0.2, 0.25) is 5.91 Å². The summed E-state index contributed by atoms with van der Waals surface area (Å²) in [6.07, 6.45) is 5.32. The lowest BCUT2D eigenvalue weighted by Crippen LogP contribution is -2.17. The minimum absolute atomic E-state index is 0.0399. The maximum absolute atomic E-state index is 11.7. The zero-order valence-corrected chi connectivity index (χ0v) is 8.47. The molecule has 5 heteroatoms. The molecular weight excluding hydrogens is 192 g/mol. The van der Waals surface area contributed by atoms with E-state index in [9.17, 15) is 4.79 Å². The number of nitrogens with zero attached hydrogens (tertiary/aromatic N) is 3. The van der Waals surface area contributed by atoms with Crippen molar-refractivity contribution in [3.63, 3.8) is 0 Å². The predicted molar refractivity (Wildman–Crippen MR) is 56.7 cm³/mol. The number of pyridine rings is 1. The summed E-state index contributed by atoms with van der Waals surface area (Å²) < 4.78 is 1.56. The van der Waals surface area contributed by atoms with Gasteiger partial charge in [0.1, 0.15) is 11.8 Å². The molecule has 0 aliphatic rings. The first-order chi connectivity index (χ1) is 7.33. The number of hydrogen-bond acceptors (Lipinski definition) is 4. The monoisotopic (exact) mass is 204 g/mol. The van der Waals surface area contributed by atoms with Gasteiger partial charge in [-0.2, -0.15) is 0 Å². The number of imidazole rings is 1. The quantitative estimate of drug-likeness (QED) is 0.798. The Balaban J connectivity index is 2.31. The van der Waals surface area contributed by atoms with Crippen LogP contribution in [0.25, 0.3) is 11.0 Å². The summed E-state index contributed by atoms with van der Waals surface area (Å²) in [6, 6.07) is 1.79. The lowest BCUT2D eigenvalue weighted by molar-refractivity contribution is 0.0908. The highest BCUT2D eigenvalue weighted by Gasteiger charge is 2.08. The molecule has 0 amide bonds. The number of fused-ring (bicyclic) bond motifs is 1. The van der Waals surface area contributed by atoms with Gasteiger partial charge in [0.05, 0.1) is 11.7 Å². The number of aromatic nitrogens is 3. The normalized spacial score (nSPS) is 10.7. The average Bonchev–Trinajstić information content (AvgIpc) is 2.69. The molecule has 0 aliphatic heterocycles. The van der Waals surface area contributed by atoms with Crippen LogP contribution < -0.4 is 5.32 Å². The van der Waals surface area contributed by atoms with E-state index in [1.165, 1.54) is 0 Å². The molecule has 0 radical (unpaired) electrons. The molecule has 2 heterocycles. The van der Waals surface area contributed by atoms with Crippen LogP contribution in [0.2, 0.25) is 0 Å². The van der Waals surface area contributed by atoms with Gasteiger partial charge >= 0.3 is 0 Å². The Labute approximate surface area is 87.1 Å². The highest BCUT2D eigenvalue weighted by Crippen LogP contribution is 2.10. The van der Waals surface area contributed by atoms with Crippen molar-refractivity contribution < 1.29 is 4.79 Å². The van der Waals surface area contributed by atoms with Gasteiger partial charge in [0.25, 0.3) is 0 Å². The Kier molecular flexibility index (Phi) is 2.73. The maximum Gasteiger partial charge on any atom is 0.233 e. The lowest BCUT2D eigenvalue weighted by Gasteiger charge is -2.01. The van der Waals surface area contributed by atoms with Gasteiger partial charge in [-0.3, -0.25) is 14.3 Å². The molecule has 0 atom stereocenters. The molecule has 2 aromatic rings. The van der Waals surface area contributed by atoms with Crippen LogP contribution in [0.1, 0.15) is 11.2 Å². The van der Waals surface area contributed by atoms with Gasteiger partial charge in [-0.15, -0.1) is 0 Å². The van der Waals surface area contributed by atoms with Crippen molar-refractivity contribution in [2.45, 2.75) is 6.42 Å². The molecule has 0 unspecified atom stereocenters. The third-order valence-electron chi connectivity index (χ3n) is 2.21. The van der Waals surface area contributed by atoms with E-state index in [0.717, 1.165) is 11.0 Å². The number of carbonyl (C=O) groups excluding carboxylic acids is 1. The molecule has 0 bridgehead atoms. The molecule has 5 nitrogen and oxygen atoms in total. The molecule has 2 rings (SSSR count). The van der Waals surface area contributed by atoms with E-state index in [2.05, 4.69) is 15.3 Å². The summed E-state index contributed by atoms with van der Waals surface area (Å²) in [4.78, 5) is 19.8. The summed E-state index contributed by atoms with van der Waals surface area (Å²) >= 11 is 0. The molecular formula is C10H12N4O. The molecule has 78 valence electrons. The smallest absolute Gasteiger partial charge is 0.233 e. The van der Waals surface area contributed by atoms with Gasteiger partial charge < -0.3 is 5.32 Å². The number of rotatable bonds is 3. The van der Waals surface area contributed by atoms with Gasteiger partial charge in [-0.1, -0.05) is 0 Å². The Morgan fingerprint density at radius 1 is 1.60 bits per heavy atom. The topological polar surface area (TPSA) is 59.8 Å². The van der Waals surface area contributed by atoms with Crippen LogP contribution in [0.3, 0.4) is 0 Å². The minimum Gasteiger partial charge on any atom is -0.319 e. The van der Waals surface area contributed by atoms with E-state index < -0.39 is 0 Å². The standard InChI is InChI=1S/C10H12N4O/c1-11-4-3-10(15)14-7-13-8-6-12-5-2-9(8)14/h2,5-7,11H,3-4H2,1H3. The lowest BCUT2D eigenvalue weighted by atomic mass is 10.3. The summed E-state index contributed by atoms with van der Waals surface area (Å²) in [5, 5.41) is 2.94. The minimum atomic E-state index is 0.0399. The van der Waals surface area contributed by atoms with Crippen LogP contribution in [0.15, 0.2) is 24.8 Å². The Hall–Kier alpha value is -1.75. The second-order valence-electron chi connectivity index (χ2n) is 3.23. The second kappa shape index (κ2) is 4.18. The summed E-state index contributed by atoms with van der Waals surface area (Å²) in [7, 11) is 1.82. The fourth-order valence-electron chi connectivity index (χ4n) is 1.42. The molecule has 0 aromatic carbocycles. The fourth-order valence-corrected chi connectivity index (χ4v) is 1.42. The third kappa shape index (κ3) is 1.87. The Morgan fingerprint density at radius 3 is 3.27 bits per heavy atom. The zero-order chi connectivity index (χ0) is 10.7. The van der Waals surface area contributed by atoms with Crippen molar-refractivity contribution in [3.05, 3.63) is 24.8 Å². The summed E-state index contributed by atoms with van der Waals surface area (Å²) in [6.45, 7) is 0.670. The van der Waals surface area contributed by atoms with Crippen LogP contribution >= 0.6 is 0 Å². The highest BCUT2D eigenvalue weighted by atomic mass is 16.2. The number of carbonyl (C=O) groups is 1. The summed E-state index contributed by atoms with van der Waals surface area (Å²) in [5.74, 6) is 0.0399. The molecule has 0 saturated carbocycles. The van der Waals surface area contributed by atoms with Crippen LogP contribution in [-0.4, -0.2) is 34.0 Å². The zero-order valence-electron chi connectivity index (χ0n) is 8.47. The molecule has 0 fully saturated rings.